The molecule has 1 rings (SSSR count). The van der Waals surface area contributed by atoms with Crippen molar-refractivity contribution in [2.24, 2.45) is 0 Å². The highest BCUT2D eigenvalue weighted by atomic mass is 31.2. The molecule has 0 spiro atoms. The van der Waals surface area contributed by atoms with E-state index in [1.165, 1.54) is 0 Å². The maximum absolute atomic E-state index is 12.4. The van der Waals surface area contributed by atoms with Gasteiger partial charge in [0.25, 0.3) is 0 Å². The first-order chi connectivity index (χ1) is 14.5. The van der Waals surface area contributed by atoms with Crippen LogP contribution in [0.4, 0.5) is 0 Å². The van der Waals surface area contributed by atoms with E-state index in [1.54, 1.807) is 0 Å². The maximum atomic E-state index is 12.4. The fourth-order valence-electron chi connectivity index (χ4n) is 3.03. The number of aliphatic carboxylic acids is 1. The molecular formula is C22H36NO8P. The van der Waals surface area contributed by atoms with E-state index in [4.69, 9.17) is 4.52 Å². The highest BCUT2D eigenvalue weighted by Gasteiger charge is 2.29. The summed E-state index contributed by atoms with van der Waals surface area (Å²) in [5.74, 6) is -1.60. The Morgan fingerprint density at radius 3 is 1.88 bits per heavy atom. The highest BCUT2D eigenvalue weighted by Crippen LogP contribution is 2.47. The molecule has 182 valence electrons. The number of rotatable bonds is 10. The molecule has 0 radical (unpaired) electrons. The fraction of sp³-hybridized carbons (Fsp3) is 0.636. The number of aryl methyl sites for hydroxylation is 1. The summed E-state index contributed by atoms with van der Waals surface area (Å²) in [4.78, 5) is 23.9. The largest absolute Gasteiger partial charge is 0.507 e. The molecule has 0 saturated heterocycles. The third-order valence-electron chi connectivity index (χ3n) is 4.91. The smallest absolute Gasteiger partial charge is 0.474 e. The van der Waals surface area contributed by atoms with Crippen LogP contribution in [0.5, 0.6) is 5.75 Å². The van der Waals surface area contributed by atoms with Crippen LogP contribution in [-0.2, 0) is 45.0 Å². The monoisotopic (exact) mass is 473 g/mol. The van der Waals surface area contributed by atoms with Crippen molar-refractivity contribution < 1.29 is 37.9 Å². The summed E-state index contributed by atoms with van der Waals surface area (Å²) < 4.78 is 26.1. The van der Waals surface area contributed by atoms with E-state index in [0.717, 1.165) is 30.9 Å². The first-order valence-electron chi connectivity index (χ1n) is 10.3. The van der Waals surface area contributed by atoms with Crippen molar-refractivity contribution in [1.29, 1.82) is 0 Å². The third kappa shape index (κ3) is 7.89. The molecule has 3 N–H and O–H groups in total. The summed E-state index contributed by atoms with van der Waals surface area (Å²) >= 11 is 0. The second-order valence-electron chi connectivity index (χ2n) is 9.61. The van der Waals surface area contributed by atoms with Gasteiger partial charge in [-0.3, -0.25) is 18.4 Å². The van der Waals surface area contributed by atoms with E-state index >= 15 is 0 Å². The number of hydrogen-bond acceptors (Lipinski definition) is 7. The van der Waals surface area contributed by atoms with Crippen molar-refractivity contribution in [2.45, 2.75) is 71.3 Å². The Hall–Kier alpha value is -1.93. The minimum atomic E-state index is -3.87. The summed E-state index contributed by atoms with van der Waals surface area (Å²) in [6.07, 6.45) is 0.369. The van der Waals surface area contributed by atoms with E-state index in [1.807, 2.05) is 53.7 Å². The van der Waals surface area contributed by atoms with Gasteiger partial charge in [0, 0.05) is 20.6 Å². The average molecular weight is 474 g/mol. The van der Waals surface area contributed by atoms with Crippen LogP contribution < -0.4 is 5.32 Å². The number of carbonyl (C=O) groups is 2. The first-order valence-corrected chi connectivity index (χ1v) is 11.7. The Bertz CT molecular complexity index is 827. The molecule has 0 bridgehead atoms. The molecule has 32 heavy (non-hydrogen) atoms. The lowest BCUT2D eigenvalue weighted by Crippen LogP contribution is -2.44. The normalized spacial score (nSPS) is 13.6. The van der Waals surface area contributed by atoms with Gasteiger partial charge in [0.2, 0.25) is 5.91 Å². The molecule has 1 atom stereocenters. The van der Waals surface area contributed by atoms with Crippen molar-refractivity contribution >= 4 is 19.7 Å². The molecule has 1 aromatic carbocycles. The molecule has 0 aliphatic heterocycles. The number of benzene rings is 1. The zero-order valence-electron chi connectivity index (χ0n) is 20.1. The van der Waals surface area contributed by atoms with Crippen molar-refractivity contribution in [3.63, 3.8) is 0 Å². The molecule has 1 aromatic rings. The van der Waals surface area contributed by atoms with Crippen LogP contribution in [0.2, 0.25) is 0 Å². The van der Waals surface area contributed by atoms with Gasteiger partial charge >= 0.3 is 13.8 Å². The van der Waals surface area contributed by atoms with Gasteiger partial charge in [-0.15, -0.1) is 0 Å². The van der Waals surface area contributed by atoms with E-state index in [-0.39, 0.29) is 23.0 Å². The summed E-state index contributed by atoms with van der Waals surface area (Å²) in [7, 11) is -1.66. The summed E-state index contributed by atoms with van der Waals surface area (Å²) in [6, 6.07) is 2.34. The van der Waals surface area contributed by atoms with E-state index in [0.29, 0.717) is 6.42 Å². The summed E-state index contributed by atoms with van der Waals surface area (Å²) in [6.45, 7) is 11.4. The number of aromatic hydroxyl groups is 1. The van der Waals surface area contributed by atoms with E-state index in [9.17, 15) is 24.4 Å². The van der Waals surface area contributed by atoms with Crippen molar-refractivity contribution in [2.75, 3.05) is 20.8 Å². The number of hydrogen-bond donors (Lipinski definition) is 3. The van der Waals surface area contributed by atoms with Gasteiger partial charge in [-0.25, -0.2) is 9.36 Å². The second-order valence-corrected chi connectivity index (χ2v) is 11.5. The standard InChI is InChI=1S/C22H36NO8P/c1-21(2,3)15-11-14(12-16(19(15)25)22(4,5)6)9-10-18(24)23-17(20(26)27)13-31-32(28,29-7)30-8/h11-12,17,25H,9-10,13H2,1-8H3,(H,23,24)(H,26,27). The topological polar surface area (TPSA) is 131 Å². The van der Waals surface area contributed by atoms with E-state index < -0.39 is 32.3 Å². The number of phosphoric acid groups is 1. The minimum Gasteiger partial charge on any atom is -0.507 e. The third-order valence-corrected chi connectivity index (χ3v) is 6.27. The second kappa shape index (κ2) is 10.8. The molecule has 0 fully saturated rings. The number of phosphoric ester groups is 1. The van der Waals surface area contributed by atoms with Gasteiger partial charge in [0.15, 0.2) is 6.04 Å². The molecule has 1 amide bonds. The van der Waals surface area contributed by atoms with Gasteiger partial charge in [0.1, 0.15) is 5.75 Å². The zero-order chi connectivity index (χ0) is 24.9. The molecule has 1 unspecified atom stereocenters. The van der Waals surface area contributed by atoms with Crippen molar-refractivity contribution in [3.05, 3.63) is 28.8 Å². The van der Waals surface area contributed by atoms with Crippen LogP contribution in [0.15, 0.2) is 12.1 Å². The van der Waals surface area contributed by atoms with Crippen molar-refractivity contribution in [3.8, 4) is 5.75 Å². The van der Waals surface area contributed by atoms with Gasteiger partial charge in [-0.05, 0) is 33.9 Å². The number of carboxylic acids is 1. The van der Waals surface area contributed by atoms with Crippen LogP contribution in [0, 0.1) is 0 Å². The highest BCUT2D eigenvalue weighted by molar-refractivity contribution is 7.48. The number of carbonyl (C=O) groups excluding carboxylic acids is 1. The lowest BCUT2D eigenvalue weighted by atomic mass is 9.78. The Balaban J connectivity index is 2.97. The lowest BCUT2D eigenvalue weighted by molar-refractivity contribution is -0.142. The van der Waals surface area contributed by atoms with Crippen LogP contribution in [0.25, 0.3) is 0 Å². The van der Waals surface area contributed by atoms with Crippen LogP contribution in [0.3, 0.4) is 0 Å². The predicted molar refractivity (Wildman–Crippen MR) is 121 cm³/mol. The van der Waals surface area contributed by atoms with Gasteiger partial charge in [-0.2, -0.15) is 0 Å². The summed E-state index contributed by atoms with van der Waals surface area (Å²) in [5.41, 5.74) is 1.83. The first kappa shape index (κ1) is 28.1. The Morgan fingerprint density at radius 1 is 1.03 bits per heavy atom. The lowest BCUT2D eigenvalue weighted by Gasteiger charge is -2.28. The number of amides is 1. The minimum absolute atomic E-state index is 0.0218. The van der Waals surface area contributed by atoms with Gasteiger partial charge in [0.05, 0.1) is 6.61 Å². The maximum Gasteiger partial charge on any atom is 0.474 e. The molecular weight excluding hydrogens is 437 g/mol. The van der Waals surface area contributed by atoms with Gasteiger partial charge < -0.3 is 15.5 Å². The van der Waals surface area contributed by atoms with Crippen LogP contribution in [0.1, 0.15) is 64.7 Å². The van der Waals surface area contributed by atoms with Crippen LogP contribution >= 0.6 is 7.82 Å². The number of nitrogens with one attached hydrogen (secondary N) is 1. The molecule has 9 nitrogen and oxygen atoms in total. The van der Waals surface area contributed by atoms with Crippen LogP contribution in [-0.4, -0.2) is 49.0 Å². The SMILES string of the molecule is COP(=O)(OC)OCC(NC(=O)CCc1cc(C(C)(C)C)c(O)c(C(C)(C)C)c1)C(=O)O. The van der Waals surface area contributed by atoms with E-state index in [2.05, 4.69) is 14.4 Å². The number of phenolic OH excluding ortho intramolecular Hbond substituents is 1. The molecule has 0 aromatic heterocycles. The molecule has 0 aliphatic carbocycles. The number of phenols is 1. The molecule has 10 heteroatoms. The van der Waals surface area contributed by atoms with Gasteiger partial charge in [-0.1, -0.05) is 53.7 Å². The Kier molecular flexibility index (Phi) is 9.48. The number of carboxylic acid groups (broad SMARTS) is 1. The Morgan fingerprint density at radius 2 is 1.50 bits per heavy atom. The quantitative estimate of drug-likeness (QED) is 0.436. The fourth-order valence-corrected chi connectivity index (χ4v) is 3.72. The zero-order valence-corrected chi connectivity index (χ0v) is 21.0. The summed E-state index contributed by atoms with van der Waals surface area (Å²) in [5, 5.41) is 22.5. The molecule has 0 saturated carbocycles. The molecule has 0 aliphatic rings. The molecule has 0 heterocycles. The predicted octanol–water partition coefficient (Wildman–Crippen LogP) is 3.91. The Labute approximate surface area is 190 Å². The van der Waals surface area contributed by atoms with Crippen molar-refractivity contribution in [1.82, 2.24) is 5.32 Å². The average Bonchev–Trinajstić information content (AvgIpc) is 2.67.